The molecule has 18 heavy (non-hydrogen) atoms. The van der Waals surface area contributed by atoms with E-state index in [0.717, 1.165) is 0 Å². The van der Waals surface area contributed by atoms with Crippen LogP contribution in [0, 0.1) is 0 Å². The molecule has 3 heterocycles. The number of aliphatic hydroxyl groups excluding tert-OH is 2. The Morgan fingerprint density at radius 1 is 1.28 bits per heavy atom. The fourth-order valence-corrected chi connectivity index (χ4v) is 2.11. The summed E-state index contributed by atoms with van der Waals surface area (Å²) >= 11 is 0. The Kier molecular flexibility index (Phi) is 2.44. The van der Waals surface area contributed by atoms with Crippen molar-refractivity contribution < 1.29 is 14.9 Å². The normalized spacial score (nSPS) is 32.2. The van der Waals surface area contributed by atoms with E-state index in [1.165, 1.54) is 12.7 Å². The zero-order valence-corrected chi connectivity index (χ0v) is 9.63. The van der Waals surface area contributed by atoms with E-state index in [4.69, 9.17) is 10.5 Å². The van der Waals surface area contributed by atoms with Gasteiger partial charge >= 0.3 is 0 Å². The van der Waals surface area contributed by atoms with E-state index in [9.17, 15) is 10.2 Å². The molecule has 1 fully saturated rings. The Morgan fingerprint density at radius 3 is 2.72 bits per heavy atom. The molecule has 3 rings (SSSR count). The third kappa shape index (κ3) is 1.47. The first kappa shape index (κ1) is 11.3. The molecular weight excluding hydrogens is 238 g/mol. The fraction of sp³-hybridized carbons (Fsp3) is 0.500. The Bertz CT molecular complexity index is 586. The molecule has 0 radical (unpaired) electrons. The number of imidazole rings is 1. The summed E-state index contributed by atoms with van der Waals surface area (Å²) in [6, 6.07) is 0. The molecule has 4 atom stereocenters. The Labute approximate surface area is 102 Å². The van der Waals surface area contributed by atoms with E-state index in [0.29, 0.717) is 11.2 Å². The van der Waals surface area contributed by atoms with Crippen LogP contribution in [0.5, 0.6) is 0 Å². The molecule has 1 aliphatic rings. The number of rotatable bonds is 1. The zero-order chi connectivity index (χ0) is 12.9. The summed E-state index contributed by atoms with van der Waals surface area (Å²) in [6.07, 6.45) is -0.373. The number of fused-ring (bicyclic) bond motifs is 1. The minimum absolute atomic E-state index is 0.264. The minimum Gasteiger partial charge on any atom is -0.388 e. The van der Waals surface area contributed by atoms with E-state index in [1.54, 1.807) is 11.5 Å². The molecule has 0 aromatic carbocycles. The van der Waals surface area contributed by atoms with Crippen LogP contribution in [0.25, 0.3) is 11.2 Å². The van der Waals surface area contributed by atoms with Crippen LogP contribution in [-0.4, -0.2) is 48.0 Å². The third-order valence-electron chi connectivity index (χ3n) is 3.14. The van der Waals surface area contributed by atoms with Crippen LogP contribution >= 0.6 is 0 Å². The molecule has 0 bridgehead atoms. The highest BCUT2D eigenvalue weighted by Gasteiger charge is 2.41. The van der Waals surface area contributed by atoms with Gasteiger partial charge in [-0.15, -0.1) is 0 Å². The quantitative estimate of drug-likeness (QED) is 0.597. The first-order chi connectivity index (χ1) is 8.59. The lowest BCUT2D eigenvalue weighted by Gasteiger charge is -2.16. The van der Waals surface area contributed by atoms with Crippen LogP contribution in [0.1, 0.15) is 13.2 Å². The summed E-state index contributed by atoms with van der Waals surface area (Å²) in [5.41, 5.74) is 6.59. The summed E-state index contributed by atoms with van der Waals surface area (Å²) in [4.78, 5) is 12.0. The second-order valence-corrected chi connectivity index (χ2v) is 4.30. The average Bonchev–Trinajstić information content (AvgIpc) is 2.88. The summed E-state index contributed by atoms with van der Waals surface area (Å²) < 4.78 is 7.05. The van der Waals surface area contributed by atoms with Crippen molar-refractivity contribution in [3.05, 3.63) is 12.7 Å². The molecule has 4 N–H and O–H groups in total. The van der Waals surface area contributed by atoms with Gasteiger partial charge in [-0.25, -0.2) is 15.0 Å². The van der Waals surface area contributed by atoms with E-state index >= 15 is 0 Å². The van der Waals surface area contributed by atoms with Crippen molar-refractivity contribution in [1.29, 1.82) is 0 Å². The molecule has 1 aliphatic heterocycles. The molecule has 2 aromatic rings. The van der Waals surface area contributed by atoms with Gasteiger partial charge in [0.15, 0.2) is 17.7 Å². The predicted octanol–water partition coefficient (Wildman–Crippen LogP) is -0.952. The van der Waals surface area contributed by atoms with Crippen molar-refractivity contribution in [1.82, 2.24) is 19.5 Å². The maximum Gasteiger partial charge on any atom is 0.167 e. The lowest BCUT2D eigenvalue weighted by atomic mass is 10.1. The molecule has 8 nitrogen and oxygen atoms in total. The van der Waals surface area contributed by atoms with Crippen LogP contribution in [0.2, 0.25) is 0 Å². The van der Waals surface area contributed by atoms with Crippen molar-refractivity contribution in [3.8, 4) is 0 Å². The summed E-state index contributed by atoms with van der Waals surface area (Å²) in [5, 5.41) is 19.6. The predicted molar refractivity (Wildman–Crippen MR) is 61.3 cm³/mol. The molecule has 2 aromatic heterocycles. The van der Waals surface area contributed by atoms with Gasteiger partial charge < -0.3 is 20.7 Å². The van der Waals surface area contributed by atoms with Gasteiger partial charge in [0.2, 0.25) is 0 Å². The molecule has 1 saturated heterocycles. The van der Waals surface area contributed by atoms with Crippen LogP contribution in [-0.2, 0) is 4.74 Å². The maximum atomic E-state index is 9.93. The van der Waals surface area contributed by atoms with Crippen LogP contribution in [0.15, 0.2) is 12.7 Å². The standard InChI is InChI=1S/C10H13N5O3/c1-4-6(16)7(17)10(18-4)15-3-14-5-8(11)12-2-13-9(5)15/h2-4,6-7,10,16-17H,1H3,(H2,11,12,13)/t4?,6-,7-,10-/m1/s1. The van der Waals surface area contributed by atoms with Crippen molar-refractivity contribution in [2.24, 2.45) is 0 Å². The largest absolute Gasteiger partial charge is 0.388 e. The Balaban J connectivity index is 2.08. The zero-order valence-electron chi connectivity index (χ0n) is 9.63. The van der Waals surface area contributed by atoms with Crippen molar-refractivity contribution in [2.45, 2.75) is 31.5 Å². The van der Waals surface area contributed by atoms with Gasteiger partial charge in [-0.2, -0.15) is 0 Å². The molecule has 96 valence electrons. The first-order valence-corrected chi connectivity index (χ1v) is 5.54. The number of nitrogens with zero attached hydrogens (tertiary/aromatic N) is 4. The summed E-state index contributed by atoms with van der Waals surface area (Å²) in [7, 11) is 0. The number of ether oxygens (including phenoxy) is 1. The highest BCUT2D eigenvalue weighted by molar-refractivity contribution is 5.81. The van der Waals surface area contributed by atoms with Crippen molar-refractivity contribution >= 4 is 17.0 Å². The van der Waals surface area contributed by atoms with Gasteiger partial charge in [-0.3, -0.25) is 4.57 Å². The number of anilines is 1. The van der Waals surface area contributed by atoms with E-state index in [-0.39, 0.29) is 5.82 Å². The Morgan fingerprint density at radius 2 is 2.06 bits per heavy atom. The van der Waals surface area contributed by atoms with Gasteiger partial charge in [-0.1, -0.05) is 0 Å². The molecule has 0 aliphatic carbocycles. The van der Waals surface area contributed by atoms with Gasteiger partial charge in [-0.05, 0) is 6.92 Å². The van der Waals surface area contributed by atoms with Gasteiger partial charge in [0.1, 0.15) is 24.1 Å². The van der Waals surface area contributed by atoms with E-state index < -0.39 is 24.5 Å². The molecule has 8 heteroatoms. The van der Waals surface area contributed by atoms with Crippen LogP contribution in [0.3, 0.4) is 0 Å². The van der Waals surface area contributed by atoms with Gasteiger partial charge in [0.05, 0.1) is 12.4 Å². The number of hydrogen-bond acceptors (Lipinski definition) is 7. The van der Waals surface area contributed by atoms with Gasteiger partial charge in [0, 0.05) is 0 Å². The smallest absolute Gasteiger partial charge is 0.167 e. The number of nitrogens with two attached hydrogens (primary N) is 1. The van der Waals surface area contributed by atoms with Crippen LogP contribution in [0.4, 0.5) is 5.82 Å². The highest BCUT2D eigenvalue weighted by atomic mass is 16.6. The van der Waals surface area contributed by atoms with E-state index in [1.807, 2.05) is 0 Å². The fourth-order valence-electron chi connectivity index (χ4n) is 2.11. The molecule has 1 unspecified atom stereocenters. The minimum atomic E-state index is -1.03. The average molecular weight is 251 g/mol. The lowest BCUT2D eigenvalue weighted by Crippen LogP contribution is -2.30. The molecule has 0 saturated carbocycles. The molecular formula is C10H13N5O3. The monoisotopic (exact) mass is 251 g/mol. The topological polar surface area (TPSA) is 119 Å². The lowest BCUT2D eigenvalue weighted by molar-refractivity contribution is -0.0299. The summed E-state index contributed by atoms with van der Waals surface area (Å²) in [5.74, 6) is 0.264. The van der Waals surface area contributed by atoms with Crippen molar-refractivity contribution in [3.63, 3.8) is 0 Å². The number of hydrogen-bond donors (Lipinski definition) is 3. The van der Waals surface area contributed by atoms with E-state index in [2.05, 4.69) is 15.0 Å². The summed E-state index contributed by atoms with van der Waals surface area (Å²) in [6.45, 7) is 1.69. The molecule has 0 amide bonds. The SMILES string of the molecule is CC1O[C@@H](n2cnc3c(N)ncnc32)[C@H](O)[C@@H]1O. The molecule has 0 spiro atoms. The first-order valence-electron chi connectivity index (χ1n) is 5.54. The second kappa shape index (κ2) is 3.87. The number of aromatic nitrogens is 4. The second-order valence-electron chi connectivity index (χ2n) is 4.30. The number of nitrogen functional groups attached to an aromatic ring is 1. The third-order valence-corrected chi connectivity index (χ3v) is 3.14. The Hall–Kier alpha value is -1.77. The van der Waals surface area contributed by atoms with Gasteiger partial charge in [0.25, 0.3) is 0 Å². The maximum absolute atomic E-state index is 9.93. The highest BCUT2D eigenvalue weighted by Crippen LogP contribution is 2.31. The van der Waals surface area contributed by atoms with Crippen molar-refractivity contribution in [2.75, 3.05) is 5.73 Å². The number of aliphatic hydroxyl groups is 2. The van der Waals surface area contributed by atoms with Crippen LogP contribution < -0.4 is 5.73 Å².